The van der Waals surface area contributed by atoms with Crippen molar-refractivity contribution in [2.45, 2.75) is 26.4 Å². The summed E-state index contributed by atoms with van der Waals surface area (Å²) in [6, 6.07) is 4.25. The molecule has 0 aliphatic carbocycles. The summed E-state index contributed by atoms with van der Waals surface area (Å²) >= 11 is 0. The summed E-state index contributed by atoms with van der Waals surface area (Å²) in [7, 11) is 1.30. The Labute approximate surface area is 100 Å². The molecule has 0 fully saturated rings. The number of esters is 1. The Morgan fingerprint density at radius 2 is 2.18 bits per heavy atom. The minimum Gasteiger partial charge on any atom is -0.469 e. The Kier molecular flexibility index (Phi) is 4.63. The molecular formula is C13H17FO3. The van der Waals surface area contributed by atoms with Gasteiger partial charge in [0, 0.05) is 0 Å². The Morgan fingerprint density at radius 3 is 2.76 bits per heavy atom. The van der Waals surface area contributed by atoms with E-state index in [4.69, 9.17) is 0 Å². The van der Waals surface area contributed by atoms with Gasteiger partial charge in [0.1, 0.15) is 5.82 Å². The van der Waals surface area contributed by atoms with Gasteiger partial charge in [-0.25, -0.2) is 4.39 Å². The highest BCUT2D eigenvalue weighted by Gasteiger charge is 2.21. The molecule has 0 heterocycles. The molecule has 0 aliphatic heterocycles. The van der Waals surface area contributed by atoms with Gasteiger partial charge >= 0.3 is 5.97 Å². The standard InChI is InChI=1S/C13H17FO3/c1-8-4-5-10(14)7-11(8)13(16)9(2)6-12(15)17-3/h4-5,7,9,13,16H,6H2,1-3H3. The summed E-state index contributed by atoms with van der Waals surface area (Å²) in [5, 5.41) is 10.1. The van der Waals surface area contributed by atoms with Crippen molar-refractivity contribution in [2.75, 3.05) is 7.11 Å². The first kappa shape index (κ1) is 13.6. The molecule has 2 unspecified atom stereocenters. The first-order valence-corrected chi connectivity index (χ1v) is 5.46. The molecular weight excluding hydrogens is 223 g/mol. The summed E-state index contributed by atoms with van der Waals surface area (Å²) in [5.74, 6) is -1.09. The molecule has 0 bridgehead atoms. The summed E-state index contributed by atoms with van der Waals surface area (Å²) in [6.45, 7) is 3.52. The predicted molar refractivity (Wildman–Crippen MR) is 61.9 cm³/mol. The highest BCUT2D eigenvalue weighted by Crippen LogP contribution is 2.27. The highest BCUT2D eigenvalue weighted by molar-refractivity contribution is 5.69. The van der Waals surface area contributed by atoms with Crippen molar-refractivity contribution in [3.8, 4) is 0 Å². The fourth-order valence-electron chi connectivity index (χ4n) is 1.69. The van der Waals surface area contributed by atoms with Crippen molar-refractivity contribution in [3.63, 3.8) is 0 Å². The van der Waals surface area contributed by atoms with Crippen molar-refractivity contribution < 1.29 is 19.0 Å². The predicted octanol–water partition coefficient (Wildman–Crippen LogP) is 2.37. The zero-order valence-corrected chi connectivity index (χ0v) is 10.2. The minimum absolute atomic E-state index is 0.105. The lowest BCUT2D eigenvalue weighted by Crippen LogP contribution is -2.16. The lowest BCUT2D eigenvalue weighted by Gasteiger charge is -2.20. The number of benzene rings is 1. The number of aliphatic hydroxyl groups is 1. The molecule has 94 valence electrons. The molecule has 0 amide bonds. The van der Waals surface area contributed by atoms with Crippen molar-refractivity contribution in [1.82, 2.24) is 0 Å². The van der Waals surface area contributed by atoms with E-state index < -0.39 is 11.9 Å². The third-order valence-electron chi connectivity index (χ3n) is 2.82. The van der Waals surface area contributed by atoms with Crippen LogP contribution in [0.3, 0.4) is 0 Å². The quantitative estimate of drug-likeness (QED) is 0.822. The topological polar surface area (TPSA) is 46.5 Å². The molecule has 0 saturated heterocycles. The third kappa shape index (κ3) is 3.53. The van der Waals surface area contributed by atoms with E-state index in [0.29, 0.717) is 5.56 Å². The largest absolute Gasteiger partial charge is 0.469 e. The van der Waals surface area contributed by atoms with Gasteiger partial charge in [0.2, 0.25) is 0 Å². The van der Waals surface area contributed by atoms with Gasteiger partial charge in [0.25, 0.3) is 0 Å². The number of ether oxygens (including phenoxy) is 1. The van der Waals surface area contributed by atoms with E-state index in [0.717, 1.165) is 5.56 Å². The molecule has 2 atom stereocenters. The van der Waals surface area contributed by atoms with E-state index in [-0.39, 0.29) is 18.3 Å². The average Bonchev–Trinajstić information content (AvgIpc) is 2.31. The third-order valence-corrected chi connectivity index (χ3v) is 2.82. The molecule has 0 spiro atoms. The van der Waals surface area contributed by atoms with Crippen LogP contribution in [-0.2, 0) is 9.53 Å². The van der Waals surface area contributed by atoms with Gasteiger partial charge in [-0.05, 0) is 36.1 Å². The normalized spacial score (nSPS) is 14.2. The van der Waals surface area contributed by atoms with Crippen molar-refractivity contribution in [2.24, 2.45) is 5.92 Å². The maximum atomic E-state index is 13.1. The Balaban J connectivity index is 2.84. The zero-order valence-electron chi connectivity index (χ0n) is 10.2. The van der Waals surface area contributed by atoms with E-state index >= 15 is 0 Å². The van der Waals surface area contributed by atoms with Crippen LogP contribution in [0.2, 0.25) is 0 Å². The maximum absolute atomic E-state index is 13.1. The number of aliphatic hydroxyl groups excluding tert-OH is 1. The summed E-state index contributed by atoms with van der Waals surface area (Å²) in [5.41, 5.74) is 1.32. The van der Waals surface area contributed by atoms with Gasteiger partial charge in [0.05, 0.1) is 19.6 Å². The van der Waals surface area contributed by atoms with Crippen LogP contribution < -0.4 is 0 Å². The lowest BCUT2D eigenvalue weighted by atomic mass is 9.92. The van der Waals surface area contributed by atoms with Crippen molar-refractivity contribution in [3.05, 3.63) is 35.1 Å². The van der Waals surface area contributed by atoms with Crippen LogP contribution in [-0.4, -0.2) is 18.2 Å². The number of hydrogen-bond acceptors (Lipinski definition) is 3. The Hall–Kier alpha value is -1.42. The number of carbonyl (C=O) groups is 1. The molecule has 4 heteroatoms. The summed E-state index contributed by atoms with van der Waals surface area (Å²) in [4.78, 5) is 11.1. The van der Waals surface area contributed by atoms with Crippen LogP contribution in [0.25, 0.3) is 0 Å². The van der Waals surface area contributed by atoms with Crippen molar-refractivity contribution >= 4 is 5.97 Å². The summed E-state index contributed by atoms with van der Waals surface area (Å²) in [6.07, 6.45) is -0.766. The van der Waals surface area contributed by atoms with Crippen LogP contribution in [0.1, 0.15) is 30.6 Å². The Bertz CT molecular complexity index is 404. The Morgan fingerprint density at radius 1 is 1.53 bits per heavy atom. The van der Waals surface area contributed by atoms with E-state index in [1.165, 1.54) is 19.2 Å². The van der Waals surface area contributed by atoms with Gasteiger partial charge in [-0.2, -0.15) is 0 Å². The smallest absolute Gasteiger partial charge is 0.305 e. The fraction of sp³-hybridized carbons (Fsp3) is 0.462. The maximum Gasteiger partial charge on any atom is 0.305 e. The number of methoxy groups -OCH3 is 1. The number of hydrogen-bond donors (Lipinski definition) is 1. The van der Waals surface area contributed by atoms with Crippen LogP contribution in [0.5, 0.6) is 0 Å². The SMILES string of the molecule is COC(=O)CC(C)C(O)c1cc(F)ccc1C. The molecule has 1 aromatic rings. The van der Waals surface area contributed by atoms with Gasteiger partial charge < -0.3 is 9.84 Å². The van der Waals surface area contributed by atoms with Crippen LogP contribution in [0.15, 0.2) is 18.2 Å². The molecule has 1 rings (SSSR count). The van der Waals surface area contributed by atoms with Gasteiger partial charge in [0.15, 0.2) is 0 Å². The lowest BCUT2D eigenvalue weighted by molar-refractivity contribution is -0.142. The second-order valence-electron chi connectivity index (χ2n) is 4.20. The zero-order chi connectivity index (χ0) is 13.0. The molecule has 1 aromatic carbocycles. The van der Waals surface area contributed by atoms with E-state index in [1.807, 2.05) is 0 Å². The number of rotatable bonds is 4. The average molecular weight is 240 g/mol. The monoisotopic (exact) mass is 240 g/mol. The van der Waals surface area contributed by atoms with Crippen molar-refractivity contribution in [1.29, 1.82) is 0 Å². The molecule has 17 heavy (non-hydrogen) atoms. The number of carbonyl (C=O) groups excluding carboxylic acids is 1. The number of halogens is 1. The molecule has 1 N–H and O–H groups in total. The van der Waals surface area contributed by atoms with Gasteiger partial charge in [-0.1, -0.05) is 13.0 Å². The van der Waals surface area contributed by atoms with E-state index in [2.05, 4.69) is 4.74 Å². The molecule has 0 aromatic heterocycles. The summed E-state index contributed by atoms with van der Waals surface area (Å²) < 4.78 is 17.6. The molecule has 0 aliphatic rings. The molecule has 3 nitrogen and oxygen atoms in total. The van der Waals surface area contributed by atoms with Crippen LogP contribution in [0, 0.1) is 18.7 Å². The van der Waals surface area contributed by atoms with Crippen LogP contribution in [0.4, 0.5) is 4.39 Å². The minimum atomic E-state index is -0.871. The van der Waals surface area contributed by atoms with E-state index in [9.17, 15) is 14.3 Å². The first-order valence-electron chi connectivity index (χ1n) is 5.46. The first-order chi connectivity index (χ1) is 7.95. The molecule has 0 radical (unpaired) electrons. The van der Waals surface area contributed by atoms with Gasteiger partial charge in [-0.15, -0.1) is 0 Å². The van der Waals surface area contributed by atoms with Crippen LogP contribution >= 0.6 is 0 Å². The second kappa shape index (κ2) is 5.77. The van der Waals surface area contributed by atoms with Gasteiger partial charge in [-0.3, -0.25) is 4.79 Å². The molecule has 0 saturated carbocycles. The fourth-order valence-corrected chi connectivity index (χ4v) is 1.69. The number of aryl methyl sites for hydroxylation is 1. The highest BCUT2D eigenvalue weighted by atomic mass is 19.1. The second-order valence-corrected chi connectivity index (χ2v) is 4.20. The van der Waals surface area contributed by atoms with E-state index in [1.54, 1.807) is 19.9 Å².